The normalized spacial score (nSPS) is 37.7. The molecular formula is C26H36FN3O3. The van der Waals surface area contributed by atoms with Gasteiger partial charge in [0, 0.05) is 18.6 Å². The van der Waals surface area contributed by atoms with Gasteiger partial charge in [0.1, 0.15) is 5.82 Å². The lowest BCUT2D eigenvalue weighted by Gasteiger charge is -2.65. The number of rotatable bonds is 5. The van der Waals surface area contributed by atoms with E-state index in [-0.39, 0.29) is 23.2 Å². The number of halogens is 1. The van der Waals surface area contributed by atoms with Gasteiger partial charge in [0.15, 0.2) is 0 Å². The second-order valence-electron chi connectivity index (χ2n) is 12.2. The smallest absolute Gasteiger partial charge is 0.319 e. The number of likely N-dealkylation sites (tertiary alicyclic amines) is 1. The number of carbonyl (C=O) groups excluding carboxylic acids is 1. The molecule has 5 aliphatic rings. The van der Waals surface area contributed by atoms with E-state index in [9.17, 15) is 19.1 Å². The van der Waals surface area contributed by atoms with Gasteiger partial charge in [0.05, 0.1) is 11.6 Å². The van der Waals surface area contributed by atoms with Crippen LogP contribution in [0.5, 0.6) is 0 Å². The number of hydrogen-bond acceptors (Lipinski definition) is 3. The fourth-order valence-corrected chi connectivity index (χ4v) is 8.40. The van der Waals surface area contributed by atoms with Crippen LogP contribution in [0, 0.1) is 28.5 Å². The first-order valence-electron chi connectivity index (χ1n) is 12.4. The minimum Gasteiger partial charge on any atom is -0.481 e. The Bertz CT molecular complexity index is 948. The maximum atomic E-state index is 14.8. The highest BCUT2D eigenvalue weighted by Gasteiger charge is 2.60. The third-order valence-corrected chi connectivity index (χ3v) is 8.55. The van der Waals surface area contributed by atoms with E-state index in [0.29, 0.717) is 36.3 Å². The van der Waals surface area contributed by atoms with Crippen molar-refractivity contribution in [3.63, 3.8) is 0 Å². The van der Waals surface area contributed by atoms with Gasteiger partial charge in [-0.25, -0.2) is 9.18 Å². The number of aliphatic carboxylic acids is 1. The van der Waals surface area contributed by atoms with E-state index in [1.807, 2.05) is 6.07 Å². The molecule has 4 aliphatic carbocycles. The van der Waals surface area contributed by atoms with Crippen LogP contribution in [0.15, 0.2) is 18.2 Å². The predicted molar refractivity (Wildman–Crippen MR) is 124 cm³/mol. The summed E-state index contributed by atoms with van der Waals surface area (Å²) >= 11 is 0. The third kappa shape index (κ3) is 4.61. The van der Waals surface area contributed by atoms with Crippen molar-refractivity contribution in [1.29, 1.82) is 0 Å². The quantitative estimate of drug-likeness (QED) is 0.582. The number of urea groups is 1. The van der Waals surface area contributed by atoms with Crippen molar-refractivity contribution in [3.05, 3.63) is 29.6 Å². The first-order valence-corrected chi connectivity index (χ1v) is 12.4. The minimum atomic E-state index is -0.765. The van der Waals surface area contributed by atoms with Gasteiger partial charge in [0.2, 0.25) is 0 Å². The zero-order chi connectivity index (χ0) is 23.4. The molecule has 5 atom stereocenters. The van der Waals surface area contributed by atoms with Gasteiger partial charge in [0.25, 0.3) is 0 Å². The monoisotopic (exact) mass is 457 g/mol. The summed E-state index contributed by atoms with van der Waals surface area (Å²) in [5, 5.41) is 15.3. The van der Waals surface area contributed by atoms with Crippen molar-refractivity contribution in [1.82, 2.24) is 10.2 Å². The molecule has 2 unspecified atom stereocenters. The number of hydrogen-bond donors (Lipinski definition) is 3. The summed E-state index contributed by atoms with van der Waals surface area (Å²) in [5.74, 6) is -0.914. The molecule has 6 nitrogen and oxygen atoms in total. The Labute approximate surface area is 195 Å². The Kier molecular flexibility index (Phi) is 5.46. The molecule has 4 saturated carbocycles. The van der Waals surface area contributed by atoms with E-state index in [4.69, 9.17) is 0 Å². The molecule has 1 aromatic rings. The number of carboxylic acid groups (broad SMARTS) is 1. The fraction of sp³-hybridized carbons (Fsp3) is 0.692. The first kappa shape index (κ1) is 22.6. The van der Waals surface area contributed by atoms with Crippen molar-refractivity contribution in [2.75, 3.05) is 18.4 Å². The van der Waals surface area contributed by atoms with Crippen LogP contribution in [0.3, 0.4) is 0 Å². The maximum absolute atomic E-state index is 14.8. The standard InChI is InChI=1S/C26H36FN3O3/c1-24-9-18-10-25(2,14-24)16-26(11-18,15-24)29-23(33)28-21-6-5-17(8-20(21)27)12-30-7-3-4-19(13-30)22(31)32/h5-6,8,18-19H,3-4,7,9-16H2,1-2H3,(H,31,32)(H2,28,29,33)/t18?,19-,24-,25+,26?/m0/s1. The molecule has 2 amide bonds. The lowest BCUT2D eigenvalue weighted by atomic mass is 9.43. The molecule has 0 spiro atoms. The number of nitrogens with one attached hydrogen (secondary N) is 2. The van der Waals surface area contributed by atoms with E-state index in [0.717, 1.165) is 37.8 Å². The van der Waals surface area contributed by atoms with E-state index in [2.05, 4.69) is 29.4 Å². The predicted octanol–water partition coefficient (Wildman–Crippen LogP) is 4.99. The maximum Gasteiger partial charge on any atom is 0.319 e. The molecule has 1 aliphatic heterocycles. The molecule has 0 radical (unpaired) electrons. The molecule has 0 aromatic heterocycles. The highest BCUT2D eigenvalue weighted by atomic mass is 19.1. The first-order chi connectivity index (χ1) is 15.5. The molecule has 180 valence electrons. The van der Waals surface area contributed by atoms with E-state index in [1.165, 1.54) is 25.3 Å². The number of piperidine rings is 1. The summed E-state index contributed by atoms with van der Waals surface area (Å²) in [4.78, 5) is 26.3. The summed E-state index contributed by atoms with van der Waals surface area (Å²) in [7, 11) is 0. The molecule has 6 rings (SSSR count). The van der Waals surface area contributed by atoms with Crippen LogP contribution >= 0.6 is 0 Å². The summed E-state index contributed by atoms with van der Waals surface area (Å²) in [6, 6.07) is 4.56. The zero-order valence-electron chi connectivity index (χ0n) is 19.8. The molecular weight excluding hydrogens is 421 g/mol. The van der Waals surface area contributed by atoms with Gasteiger partial charge in [-0.05, 0) is 92.4 Å². The van der Waals surface area contributed by atoms with Crippen LogP contribution < -0.4 is 10.6 Å². The summed E-state index contributed by atoms with van der Waals surface area (Å²) in [5.41, 5.74) is 1.37. The molecule has 1 heterocycles. The van der Waals surface area contributed by atoms with Crippen molar-refractivity contribution < 1.29 is 19.1 Å². The Morgan fingerprint density at radius 1 is 1.15 bits per heavy atom. The average Bonchev–Trinajstić information content (AvgIpc) is 2.67. The second kappa shape index (κ2) is 7.97. The van der Waals surface area contributed by atoms with Crippen molar-refractivity contribution in [3.8, 4) is 0 Å². The van der Waals surface area contributed by atoms with Crippen LogP contribution in [0.2, 0.25) is 0 Å². The lowest BCUT2D eigenvalue weighted by molar-refractivity contribution is -0.143. The van der Waals surface area contributed by atoms with Crippen LogP contribution in [0.25, 0.3) is 0 Å². The zero-order valence-corrected chi connectivity index (χ0v) is 19.8. The van der Waals surface area contributed by atoms with Crippen molar-refractivity contribution in [2.45, 2.75) is 77.3 Å². The third-order valence-electron chi connectivity index (χ3n) is 8.55. The van der Waals surface area contributed by atoms with Gasteiger partial charge < -0.3 is 15.7 Å². The Balaban J connectivity index is 1.21. The van der Waals surface area contributed by atoms with Crippen molar-refractivity contribution >= 4 is 17.7 Å². The van der Waals surface area contributed by atoms with Crippen LogP contribution in [-0.4, -0.2) is 40.6 Å². The van der Waals surface area contributed by atoms with Gasteiger partial charge in [-0.2, -0.15) is 0 Å². The Morgan fingerprint density at radius 3 is 2.52 bits per heavy atom. The van der Waals surface area contributed by atoms with Crippen LogP contribution in [0.4, 0.5) is 14.9 Å². The fourth-order valence-electron chi connectivity index (χ4n) is 8.40. The van der Waals surface area contributed by atoms with Crippen molar-refractivity contribution in [2.24, 2.45) is 22.7 Å². The average molecular weight is 458 g/mol. The van der Waals surface area contributed by atoms with E-state index < -0.39 is 11.8 Å². The lowest BCUT2D eigenvalue weighted by Crippen LogP contribution is -2.65. The molecule has 33 heavy (non-hydrogen) atoms. The molecule has 5 fully saturated rings. The molecule has 4 bridgehead atoms. The van der Waals surface area contributed by atoms with Gasteiger partial charge in [-0.3, -0.25) is 9.69 Å². The number of carboxylic acids is 1. The Hall–Kier alpha value is -2.15. The van der Waals surface area contributed by atoms with Crippen LogP contribution in [0.1, 0.15) is 70.8 Å². The minimum absolute atomic E-state index is 0.181. The number of anilines is 1. The number of nitrogens with zero attached hydrogens (tertiary/aromatic N) is 1. The number of benzene rings is 1. The summed E-state index contributed by atoms with van der Waals surface area (Å²) < 4.78 is 14.8. The highest BCUT2D eigenvalue weighted by molar-refractivity contribution is 5.90. The van der Waals surface area contributed by atoms with Gasteiger partial charge >= 0.3 is 12.0 Å². The molecule has 1 aromatic carbocycles. The highest BCUT2D eigenvalue weighted by Crippen LogP contribution is 2.66. The number of amides is 2. The molecule has 7 heteroatoms. The van der Waals surface area contributed by atoms with E-state index >= 15 is 0 Å². The topological polar surface area (TPSA) is 81.7 Å². The molecule has 1 saturated heterocycles. The second-order valence-corrected chi connectivity index (χ2v) is 12.2. The van der Waals surface area contributed by atoms with E-state index in [1.54, 1.807) is 6.07 Å². The van der Waals surface area contributed by atoms with Gasteiger partial charge in [-0.15, -0.1) is 0 Å². The number of carbonyl (C=O) groups is 2. The summed E-state index contributed by atoms with van der Waals surface area (Å²) in [6.07, 6.45) is 8.32. The van der Waals surface area contributed by atoms with Gasteiger partial charge in [-0.1, -0.05) is 19.9 Å². The summed E-state index contributed by atoms with van der Waals surface area (Å²) in [6.45, 7) is 6.54. The SMILES string of the molecule is C[C@]12CC3CC(NC(=O)Nc4ccc(CN5CCC[C@H](C(=O)O)C5)cc4F)(C1)C[C@@](C)(C3)C2. The molecule has 3 N–H and O–H groups in total. The largest absolute Gasteiger partial charge is 0.481 e. The Morgan fingerprint density at radius 2 is 1.88 bits per heavy atom. The van der Waals surface area contributed by atoms with Crippen LogP contribution in [-0.2, 0) is 11.3 Å².